The smallest absolute Gasteiger partial charge is 0.252 e. The van der Waals surface area contributed by atoms with E-state index in [-0.39, 0.29) is 5.91 Å². The van der Waals surface area contributed by atoms with Gasteiger partial charge in [0.2, 0.25) is 0 Å². The number of aromatic nitrogens is 2. The maximum atomic E-state index is 12.8. The molecule has 1 fully saturated rings. The van der Waals surface area contributed by atoms with Crippen molar-refractivity contribution in [1.82, 2.24) is 15.3 Å². The van der Waals surface area contributed by atoms with E-state index in [2.05, 4.69) is 15.3 Å². The topological polar surface area (TPSA) is 73.3 Å². The first-order chi connectivity index (χ1) is 11.8. The number of hydrogen-bond donors (Lipinski definition) is 1. The fourth-order valence-corrected chi connectivity index (χ4v) is 3.29. The van der Waals surface area contributed by atoms with E-state index in [1.807, 2.05) is 12.1 Å². The third kappa shape index (κ3) is 2.73. The summed E-state index contributed by atoms with van der Waals surface area (Å²) in [7, 11) is 0. The Morgan fingerprint density at radius 3 is 2.71 bits per heavy atom. The molecule has 0 aliphatic carbocycles. The van der Waals surface area contributed by atoms with E-state index in [0.29, 0.717) is 44.1 Å². The number of carbonyl (C=O) groups is 1. The maximum Gasteiger partial charge on any atom is 0.252 e. The summed E-state index contributed by atoms with van der Waals surface area (Å²) in [5.74, 6) is 1.41. The van der Waals surface area contributed by atoms with Gasteiger partial charge in [0, 0.05) is 50.4 Å². The van der Waals surface area contributed by atoms with Crippen LogP contribution in [0.25, 0.3) is 0 Å². The maximum absolute atomic E-state index is 12.8. The number of nitrogens with one attached hydrogen (secondary N) is 1. The molecule has 2 aromatic rings. The van der Waals surface area contributed by atoms with Crippen LogP contribution in [0, 0.1) is 0 Å². The molecule has 0 spiro atoms. The molecule has 0 atom stereocenters. The second-order valence-electron chi connectivity index (χ2n) is 6.14. The number of amides is 1. The molecule has 6 heteroatoms. The highest BCUT2D eigenvalue weighted by atomic mass is 16.5. The summed E-state index contributed by atoms with van der Waals surface area (Å²) >= 11 is 0. The number of fused-ring (bicyclic) bond motifs is 1. The van der Waals surface area contributed by atoms with Crippen LogP contribution in [-0.4, -0.2) is 35.7 Å². The van der Waals surface area contributed by atoms with E-state index in [1.165, 1.54) is 0 Å². The zero-order valence-electron chi connectivity index (χ0n) is 13.3. The molecule has 24 heavy (non-hydrogen) atoms. The standard InChI is InChI=1S/C18H19N3O3/c22-16(14-2-3-15-13(12-14)4-9-24-15)21-18(5-10-23-11-6-18)17-19-7-1-8-20-17/h1-3,7-8,12H,4-6,9-11H2,(H,21,22). The number of ether oxygens (including phenoxy) is 2. The van der Waals surface area contributed by atoms with Crippen molar-refractivity contribution in [3.63, 3.8) is 0 Å². The molecular weight excluding hydrogens is 306 g/mol. The number of carbonyl (C=O) groups excluding carboxylic acids is 1. The lowest BCUT2D eigenvalue weighted by atomic mass is 9.88. The summed E-state index contributed by atoms with van der Waals surface area (Å²) in [5.41, 5.74) is 1.15. The lowest BCUT2D eigenvalue weighted by molar-refractivity contribution is 0.0313. The lowest BCUT2D eigenvalue weighted by Gasteiger charge is -2.36. The molecule has 0 radical (unpaired) electrons. The first-order valence-electron chi connectivity index (χ1n) is 8.20. The summed E-state index contributed by atoms with van der Waals surface area (Å²) in [5, 5.41) is 3.17. The minimum absolute atomic E-state index is 0.112. The van der Waals surface area contributed by atoms with E-state index in [0.717, 1.165) is 17.7 Å². The Bertz CT molecular complexity index is 742. The van der Waals surface area contributed by atoms with Crippen molar-refractivity contribution < 1.29 is 14.3 Å². The van der Waals surface area contributed by atoms with Crippen molar-refractivity contribution in [3.05, 3.63) is 53.6 Å². The molecule has 2 aliphatic rings. The molecular formula is C18H19N3O3. The van der Waals surface area contributed by atoms with E-state index >= 15 is 0 Å². The summed E-state index contributed by atoms with van der Waals surface area (Å²) in [6, 6.07) is 7.36. The van der Waals surface area contributed by atoms with E-state index in [9.17, 15) is 4.79 Å². The Morgan fingerprint density at radius 1 is 1.12 bits per heavy atom. The largest absolute Gasteiger partial charge is 0.493 e. The minimum atomic E-state index is -0.577. The minimum Gasteiger partial charge on any atom is -0.493 e. The summed E-state index contributed by atoms with van der Waals surface area (Å²) in [6.45, 7) is 1.84. The Kier molecular flexibility index (Phi) is 3.90. The highest BCUT2D eigenvalue weighted by Crippen LogP contribution is 2.31. The van der Waals surface area contributed by atoms with E-state index in [4.69, 9.17) is 9.47 Å². The van der Waals surface area contributed by atoms with Gasteiger partial charge in [-0.2, -0.15) is 0 Å². The molecule has 6 nitrogen and oxygen atoms in total. The van der Waals surface area contributed by atoms with Crippen LogP contribution in [0.15, 0.2) is 36.7 Å². The first kappa shape index (κ1) is 15.1. The molecule has 0 saturated carbocycles. The van der Waals surface area contributed by atoms with Crippen molar-refractivity contribution in [2.75, 3.05) is 19.8 Å². The molecule has 1 amide bonds. The van der Waals surface area contributed by atoms with Crippen LogP contribution in [0.4, 0.5) is 0 Å². The highest BCUT2D eigenvalue weighted by molar-refractivity contribution is 5.95. The summed E-state index contributed by atoms with van der Waals surface area (Å²) in [6.07, 6.45) is 5.59. The predicted octanol–water partition coefficient (Wildman–Crippen LogP) is 1.85. The van der Waals surface area contributed by atoms with Crippen molar-refractivity contribution in [1.29, 1.82) is 0 Å². The van der Waals surface area contributed by atoms with Gasteiger partial charge in [0.05, 0.1) is 6.61 Å². The third-order valence-corrected chi connectivity index (χ3v) is 4.64. The van der Waals surface area contributed by atoms with Gasteiger partial charge in [-0.3, -0.25) is 4.79 Å². The van der Waals surface area contributed by atoms with Crippen LogP contribution in [0.3, 0.4) is 0 Å². The fraction of sp³-hybridized carbons (Fsp3) is 0.389. The summed E-state index contributed by atoms with van der Waals surface area (Å²) < 4.78 is 11.0. The molecule has 0 unspecified atom stereocenters. The Labute approximate surface area is 140 Å². The van der Waals surface area contributed by atoms with Gasteiger partial charge in [0.1, 0.15) is 11.3 Å². The van der Waals surface area contributed by atoms with Gasteiger partial charge >= 0.3 is 0 Å². The van der Waals surface area contributed by atoms with E-state index in [1.54, 1.807) is 24.5 Å². The highest BCUT2D eigenvalue weighted by Gasteiger charge is 2.38. The second kappa shape index (κ2) is 6.20. The van der Waals surface area contributed by atoms with Crippen LogP contribution in [0.5, 0.6) is 5.75 Å². The van der Waals surface area contributed by atoms with Crippen molar-refractivity contribution in [3.8, 4) is 5.75 Å². The normalized spacial score (nSPS) is 18.5. The third-order valence-electron chi connectivity index (χ3n) is 4.64. The second-order valence-corrected chi connectivity index (χ2v) is 6.14. The van der Waals surface area contributed by atoms with Crippen molar-refractivity contribution >= 4 is 5.91 Å². The molecule has 3 heterocycles. The van der Waals surface area contributed by atoms with Crippen LogP contribution >= 0.6 is 0 Å². The van der Waals surface area contributed by atoms with Gasteiger partial charge in [0.25, 0.3) is 5.91 Å². The Morgan fingerprint density at radius 2 is 1.92 bits per heavy atom. The van der Waals surface area contributed by atoms with Gasteiger partial charge in [-0.1, -0.05) is 0 Å². The number of benzene rings is 1. The van der Waals surface area contributed by atoms with Gasteiger partial charge in [0.15, 0.2) is 5.82 Å². The Balaban J connectivity index is 1.62. The molecule has 0 bridgehead atoms. The summed E-state index contributed by atoms with van der Waals surface area (Å²) in [4.78, 5) is 21.6. The zero-order valence-corrected chi connectivity index (χ0v) is 13.3. The zero-order chi connectivity index (χ0) is 16.4. The van der Waals surface area contributed by atoms with Crippen molar-refractivity contribution in [2.45, 2.75) is 24.8 Å². The van der Waals surface area contributed by atoms with Gasteiger partial charge in [-0.15, -0.1) is 0 Å². The Hall–Kier alpha value is -2.47. The fourth-order valence-electron chi connectivity index (χ4n) is 3.29. The average Bonchev–Trinajstić information content (AvgIpc) is 3.11. The van der Waals surface area contributed by atoms with Crippen LogP contribution in [0.1, 0.15) is 34.6 Å². The monoisotopic (exact) mass is 325 g/mol. The van der Waals surface area contributed by atoms with E-state index < -0.39 is 5.54 Å². The number of rotatable bonds is 3. The molecule has 1 N–H and O–H groups in total. The quantitative estimate of drug-likeness (QED) is 0.932. The molecule has 4 rings (SSSR count). The predicted molar refractivity (Wildman–Crippen MR) is 86.9 cm³/mol. The van der Waals surface area contributed by atoms with Gasteiger partial charge in [-0.05, 0) is 29.8 Å². The average molecular weight is 325 g/mol. The van der Waals surface area contributed by atoms with Crippen LogP contribution in [-0.2, 0) is 16.7 Å². The number of hydrogen-bond acceptors (Lipinski definition) is 5. The molecule has 124 valence electrons. The lowest BCUT2D eigenvalue weighted by Crippen LogP contribution is -2.50. The van der Waals surface area contributed by atoms with Crippen molar-refractivity contribution in [2.24, 2.45) is 0 Å². The molecule has 1 saturated heterocycles. The van der Waals surface area contributed by atoms with Crippen LogP contribution in [0.2, 0.25) is 0 Å². The van der Waals surface area contributed by atoms with Crippen LogP contribution < -0.4 is 10.1 Å². The SMILES string of the molecule is O=C(NC1(c2ncccn2)CCOCC1)c1ccc2c(c1)CCO2. The van der Waals surface area contributed by atoms with Gasteiger partial charge in [-0.25, -0.2) is 9.97 Å². The molecule has 1 aromatic heterocycles. The molecule has 2 aliphatic heterocycles. The number of nitrogens with zero attached hydrogens (tertiary/aromatic N) is 2. The molecule has 1 aromatic carbocycles. The van der Waals surface area contributed by atoms with Gasteiger partial charge < -0.3 is 14.8 Å². The first-order valence-corrected chi connectivity index (χ1v) is 8.20.